The highest BCUT2D eigenvalue weighted by molar-refractivity contribution is 7.89. The number of sulfonamides is 1. The molecule has 8 nitrogen and oxygen atoms in total. The van der Waals surface area contributed by atoms with Gasteiger partial charge >= 0.3 is 0 Å². The van der Waals surface area contributed by atoms with Crippen LogP contribution in [-0.4, -0.2) is 36.7 Å². The number of benzene rings is 2. The molecule has 1 amide bonds. The zero-order valence-electron chi connectivity index (χ0n) is 24.2. The smallest absolute Gasteiger partial charge is 0.238 e. The van der Waals surface area contributed by atoms with Gasteiger partial charge in [-0.15, -0.1) is 0 Å². The first kappa shape index (κ1) is 27.4. The van der Waals surface area contributed by atoms with Crippen LogP contribution in [0.25, 0.3) is 11.1 Å². The van der Waals surface area contributed by atoms with Gasteiger partial charge in [-0.3, -0.25) is 4.79 Å². The number of carbonyl (C=O) groups is 1. The largest absolute Gasteiger partial charge is 0.339 e. The van der Waals surface area contributed by atoms with Crippen molar-refractivity contribution in [1.29, 1.82) is 0 Å². The Bertz CT molecular complexity index is 1690. The molecule has 2 aromatic carbocycles. The Balaban J connectivity index is 1.09. The Morgan fingerprint density at radius 3 is 2.28 bits per heavy atom. The van der Waals surface area contributed by atoms with Gasteiger partial charge in [-0.2, -0.15) is 4.98 Å². The van der Waals surface area contributed by atoms with Crippen molar-refractivity contribution in [3.63, 3.8) is 0 Å². The highest BCUT2D eigenvalue weighted by atomic mass is 32.2. The summed E-state index contributed by atoms with van der Waals surface area (Å²) in [7, 11) is -3.86. The van der Waals surface area contributed by atoms with Gasteiger partial charge in [-0.1, -0.05) is 29.4 Å². The summed E-state index contributed by atoms with van der Waals surface area (Å²) in [5.74, 6) is 1.93. The van der Waals surface area contributed by atoms with Crippen molar-refractivity contribution in [3.05, 3.63) is 60.2 Å². The third-order valence-electron chi connectivity index (χ3n) is 11.4. The van der Waals surface area contributed by atoms with Gasteiger partial charge in [0, 0.05) is 29.5 Å². The Kier molecular flexibility index (Phi) is 6.03. The van der Waals surface area contributed by atoms with Crippen LogP contribution in [0.15, 0.2) is 57.9 Å². The number of halogens is 1. The number of hydrogen-bond acceptors (Lipinski definition) is 6. The third kappa shape index (κ3) is 4.72. The minimum absolute atomic E-state index is 0.0141. The molecule has 1 heterocycles. The fourth-order valence-electron chi connectivity index (χ4n) is 8.50. The van der Waals surface area contributed by atoms with Crippen LogP contribution < -0.4 is 10.0 Å². The second-order valence-electron chi connectivity index (χ2n) is 14.2. The minimum Gasteiger partial charge on any atom is -0.339 e. The molecule has 0 saturated heterocycles. The van der Waals surface area contributed by atoms with E-state index in [1.165, 1.54) is 6.07 Å². The second-order valence-corrected chi connectivity index (χ2v) is 15.8. The molecule has 43 heavy (non-hydrogen) atoms. The number of carbonyl (C=O) groups excluding carboxylic acids is 1. The van der Waals surface area contributed by atoms with Crippen molar-refractivity contribution in [3.8, 4) is 11.1 Å². The Morgan fingerprint density at radius 1 is 0.977 bits per heavy atom. The van der Waals surface area contributed by atoms with Gasteiger partial charge in [0.25, 0.3) is 0 Å². The number of nitrogens with two attached hydrogens (primary N) is 1. The average Bonchev–Trinajstić information content (AvgIpc) is 3.47. The zero-order chi connectivity index (χ0) is 29.6. The van der Waals surface area contributed by atoms with Crippen molar-refractivity contribution in [2.45, 2.75) is 92.5 Å². The van der Waals surface area contributed by atoms with Gasteiger partial charge < -0.3 is 9.42 Å². The van der Waals surface area contributed by atoms with Crippen molar-refractivity contribution < 1.29 is 22.1 Å². The van der Waals surface area contributed by atoms with Crippen LogP contribution in [0, 0.1) is 17.3 Å². The lowest BCUT2D eigenvalue weighted by Gasteiger charge is -2.53. The maximum Gasteiger partial charge on any atom is 0.238 e. The molecule has 226 valence electrons. The van der Waals surface area contributed by atoms with Crippen LogP contribution in [-0.2, 0) is 20.2 Å². The standard InChI is InChI=1S/C33H37FN4O4S/c34-33-17-24(18-33)27(19-33)29(39)38(25-5-1-3-22(15-25)23-4-2-6-26(16-23)43(35,40)41)20-31-9-12-32(13-10-31,14-11-31)30-36-28(37-42-30)21-7-8-21/h1-6,15-16,21,24,27H,7-14,17-20H2,(H2,35,40,41)/t24?,27-,31?,32?,33?/m1/s1. The monoisotopic (exact) mass is 604 g/mol. The lowest BCUT2D eigenvalue weighted by atomic mass is 9.53. The normalized spacial score (nSPS) is 32.9. The molecule has 1 atom stereocenters. The molecule has 0 unspecified atom stereocenters. The van der Waals surface area contributed by atoms with Gasteiger partial charge in [0.05, 0.1) is 4.90 Å². The van der Waals surface area contributed by atoms with Gasteiger partial charge in [-0.25, -0.2) is 17.9 Å². The molecular weight excluding hydrogens is 567 g/mol. The zero-order valence-corrected chi connectivity index (χ0v) is 25.0. The molecule has 7 saturated carbocycles. The number of hydrogen-bond donors (Lipinski definition) is 1. The summed E-state index contributed by atoms with van der Waals surface area (Å²) in [6.07, 6.45) is 9.34. The van der Waals surface area contributed by atoms with Gasteiger partial charge in [0.1, 0.15) is 5.67 Å². The fraction of sp³-hybridized carbons (Fsp3) is 0.545. The van der Waals surface area contributed by atoms with Crippen LogP contribution in [0.1, 0.15) is 88.3 Å². The van der Waals surface area contributed by atoms with E-state index in [0.29, 0.717) is 37.3 Å². The van der Waals surface area contributed by atoms with E-state index >= 15 is 0 Å². The Labute approximate surface area is 251 Å². The molecule has 0 spiro atoms. The van der Waals surface area contributed by atoms with Gasteiger partial charge in [0.15, 0.2) is 5.82 Å². The predicted octanol–water partition coefficient (Wildman–Crippen LogP) is 6.02. The molecule has 1 aromatic heterocycles. The van der Waals surface area contributed by atoms with Crippen molar-refractivity contribution in [2.24, 2.45) is 22.4 Å². The predicted molar refractivity (Wildman–Crippen MR) is 158 cm³/mol. The summed E-state index contributed by atoms with van der Waals surface area (Å²) in [5.41, 5.74) is 0.973. The summed E-state index contributed by atoms with van der Waals surface area (Å²) in [5, 5.41) is 9.69. The van der Waals surface area contributed by atoms with E-state index in [1.807, 2.05) is 35.2 Å². The summed E-state index contributed by atoms with van der Waals surface area (Å²) in [6.45, 7) is 0.586. The molecule has 7 fully saturated rings. The lowest BCUT2D eigenvalue weighted by molar-refractivity contribution is -0.123. The third-order valence-corrected chi connectivity index (χ3v) is 12.3. The first-order valence-electron chi connectivity index (χ1n) is 15.6. The molecule has 0 radical (unpaired) electrons. The van der Waals surface area contributed by atoms with E-state index in [2.05, 4.69) is 5.16 Å². The van der Waals surface area contributed by atoms with E-state index in [-0.39, 0.29) is 33.5 Å². The van der Waals surface area contributed by atoms with Crippen molar-refractivity contribution in [2.75, 3.05) is 11.4 Å². The van der Waals surface area contributed by atoms with E-state index in [9.17, 15) is 17.6 Å². The number of alkyl halides is 1. The second kappa shape index (κ2) is 9.44. The van der Waals surface area contributed by atoms with Crippen molar-refractivity contribution in [1.82, 2.24) is 10.1 Å². The van der Waals surface area contributed by atoms with E-state index < -0.39 is 15.7 Å². The number of nitrogens with zero attached hydrogens (tertiary/aromatic N) is 3. The summed E-state index contributed by atoms with van der Waals surface area (Å²) in [6, 6.07) is 14.3. The molecule has 4 bridgehead atoms. The highest BCUT2D eigenvalue weighted by Crippen LogP contribution is 2.60. The van der Waals surface area contributed by atoms with Crippen LogP contribution >= 0.6 is 0 Å². The van der Waals surface area contributed by atoms with E-state index in [0.717, 1.165) is 74.3 Å². The molecule has 7 aliphatic rings. The molecule has 10 heteroatoms. The SMILES string of the molecule is NS(=O)(=O)c1cccc(-c2cccc(N(CC34CCC(c5nc(C6CC6)no5)(CC3)CC4)C(=O)[C@@H]3CC4(F)CC3C4)c2)c1. The van der Waals surface area contributed by atoms with Crippen LogP contribution in [0.2, 0.25) is 0 Å². The van der Waals surface area contributed by atoms with E-state index in [4.69, 9.17) is 14.6 Å². The minimum atomic E-state index is -3.86. The first-order valence-corrected chi connectivity index (χ1v) is 17.2. The molecule has 10 rings (SSSR count). The molecule has 7 aliphatic carbocycles. The summed E-state index contributed by atoms with van der Waals surface area (Å²) in [4.78, 5) is 21.1. The highest BCUT2D eigenvalue weighted by Gasteiger charge is 2.60. The molecule has 3 aromatic rings. The van der Waals surface area contributed by atoms with Crippen LogP contribution in [0.5, 0.6) is 0 Å². The molecule has 2 N–H and O–H groups in total. The average molecular weight is 605 g/mol. The quantitative estimate of drug-likeness (QED) is 0.336. The fourth-order valence-corrected chi connectivity index (χ4v) is 9.06. The molecular formula is C33H37FN4O4S. The van der Waals surface area contributed by atoms with Gasteiger partial charge in [-0.05, 0) is 117 Å². The Morgan fingerprint density at radius 2 is 1.65 bits per heavy atom. The number of primary sulfonamides is 1. The van der Waals surface area contributed by atoms with Crippen LogP contribution in [0.4, 0.5) is 10.1 Å². The van der Waals surface area contributed by atoms with E-state index in [1.54, 1.807) is 12.1 Å². The first-order chi connectivity index (χ1) is 20.5. The summed E-state index contributed by atoms with van der Waals surface area (Å²) >= 11 is 0. The number of rotatable bonds is 8. The number of anilines is 1. The Hall–Kier alpha value is -3.11. The summed E-state index contributed by atoms with van der Waals surface area (Å²) < 4.78 is 44.8. The maximum absolute atomic E-state index is 15.0. The topological polar surface area (TPSA) is 119 Å². The number of amides is 1. The molecule has 0 aliphatic heterocycles. The van der Waals surface area contributed by atoms with Crippen LogP contribution in [0.3, 0.4) is 0 Å². The maximum atomic E-state index is 15.0. The van der Waals surface area contributed by atoms with Crippen molar-refractivity contribution >= 4 is 21.6 Å². The lowest BCUT2D eigenvalue weighted by Crippen LogP contribution is -2.51. The van der Waals surface area contributed by atoms with Gasteiger partial charge in [0.2, 0.25) is 21.8 Å². The number of aromatic nitrogens is 2. The number of fused-ring (bicyclic) bond motifs is 4.